The molecule has 0 fully saturated rings. The summed E-state index contributed by atoms with van der Waals surface area (Å²) < 4.78 is 11.4. The first-order valence-corrected chi connectivity index (χ1v) is 8.82. The van der Waals surface area contributed by atoms with Crippen molar-refractivity contribution in [1.29, 1.82) is 0 Å². The zero-order chi connectivity index (χ0) is 18.6. The minimum absolute atomic E-state index is 0.160. The molecule has 1 aliphatic rings. The van der Waals surface area contributed by atoms with Crippen LogP contribution in [-0.4, -0.2) is 35.1 Å². The van der Waals surface area contributed by atoms with Gasteiger partial charge in [0.15, 0.2) is 11.5 Å². The minimum atomic E-state index is -0.262. The smallest absolute Gasteiger partial charge is 0.270 e. The highest BCUT2D eigenvalue weighted by Gasteiger charge is 2.21. The van der Waals surface area contributed by atoms with Crippen molar-refractivity contribution >= 4 is 16.9 Å². The van der Waals surface area contributed by atoms with E-state index < -0.39 is 0 Å². The molecular formula is C20H19N3O4. The molecule has 2 heterocycles. The Morgan fingerprint density at radius 3 is 2.81 bits per heavy atom. The van der Waals surface area contributed by atoms with Crippen LogP contribution in [0.4, 0.5) is 0 Å². The lowest BCUT2D eigenvalue weighted by molar-refractivity contribution is -0.121. The van der Waals surface area contributed by atoms with Gasteiger partial charge in [0, 0.05) is 12.8 Å². The summed E-state index contributed by atoms with van der Waals surface area (Å²) >= 11 is 0. The first-order valence-electron chi connectivity index (χ1n) is 8.82. The molecule has 0 spiro atoms. The van der Waals surface area contributed by atoms with Crippen LogP contribution in [0.1, 0.15) is 12.1 Å². The molecule has 4 rings (SSSR count). The molecule has 7 heteroatoms. The van der Waals surface area contributed by atoms with Crippen LogP contribution < -0.4 is 20.3 Å². The highest BCUT2D eigenvalue weighted by molar-refractivity contribution is 5.76. The largest absolute Gasteiger partial charge is 0.486 e. The van der Waals surface area contributed by atoms with Gasteiger partial charge in [0.25, 0.3) is 5.56 Å². The standard InChI is InChI=1S/C20H19N3O4/c24-19(21-11-13-12-26-17-7-3-4-8-18(17)27-13)10-9-16-20(25)23-15-6-2-1-5-14(15)22-16/h1-8,13H,9-12H2,(H,21,24)(H,23,25)/t13-/m1/s1. The van der Waals surface area contributed by atoms with E-state index in [0.29, 0.717) is 41.4 Å². The number of aromatic nitrogens is 2. The molecule has 0 bridgehead atoms. The number of ether oxygens (including phenoxy) is 2. The highest BCUT2D eigenvalue weighted by atomic mass is 16.6. The molecule has 1 aliphatic heterocycles. The van der Waals surface area contributed by atoms with Crippen LogP contribution >= 0.6 is 0 Å². The number of benzene rings is 2. The Morgan fingerprint density at radius 2 is 1.93 bits per heavy atom. The summed E-state index contributed by atoms with van der Waals surface area (Å²) in [5.41, 5.74) is 1.49. The van der Waals surface area contributed by atoms with Crippen molar-refractivity contribution in [2.75, 3.05) is 13.2 Å². The number of carbonyl (C=O) groups excluding carboxylic acids is 1. The van der Waals surface area contributed by atoms with Gasteiger partial charge in [0.05, 0.1) is 17.6 Å². The van der Waals surface area contributed by atoms with Crippen LogP contribution in [0, 0.1) is 0 Å². The van der Waals surface area contributed by atoms with E-state index in [-0.39, 0.29) is 30.4 Å². The second-order valence-electron chi connectivity index (χ2n) is 6.33. The third-order valence-corrected chi connectivity index (χ3v) is 4.35. The van der Waals surface area contributed by atoms with E-state index in [1.807, 2.05) is 42.5 Å². The van der Waals surface area contributed by atoms with Gasteiger partial charge in [-0.25, -0.2) is 4.98 Å². The lowest BCUT2D eigenvalue weighted by Crippen LogP contribution is -2.40. The van der Waals surface area contributed by atoms with Gasteiger partial charge >= 0.3 is 0 Å². The summed E-state index contributed by atoms with van der Waals surface area (Å²) in [6, 6.07) is 14.7. The average molecular weight is 365 g/mol. The summed E-state index contributed by atoms with van der Waals surface area (Å²) in [5.74, 6) is 1.23. The van der Waals surface area contributed by atoms with Crippen LogP contribution in [0.25, 0.3) is 11.0 Å². The molecular weight excluding hydrogens is 346 g/mol. The lowest BCUT2D eigenvalue weighted by atomic mass is 10.2. The van der Waals surface area contributed by atoms with Crippen LogP contribution in [0.3, 0.4) is 0 Å². The van der Waals surface area contributed by atoms with Crippen molar-refractivity contribution < 1.29 is 14.3 Å². The van der Waals surface area contributed by atoms with Gasteiger partial charge in [-0.05, 0) is 24.3 Å². The van der Waals surface area contributed by atoms with Gasteiger partial charge in [-0.2, -0.15) is 0 Å². The normalized spacial score (nSPS) is 15.5. The third-order valence-electron chi connectivity index (χ3n) is 4.35. The Balaban J connectivity index is 1.30. The maximum atomic E-state index is 12.1. The Bertz CT molecular complexity index is 1030. The van der Waals surface area contributed by atoms with Gasteiger partial charge in [-0.3, -0.25) is 9.59 Å². The predicted molar refractivity (Wildman–Crippen MR) is 100 cm³/mol. The second kappa shape index (κ2) is 7.49. The van der Waals surface area contributed by atoms with E-state index in [0.717, 1.165) is 0 Å². The van der Waals surface area contributed by atoms with E-state index in [2.05, 4.69) is 15.3 Å². The topological polar surface area (TPSA) is 93.3 Å². The van der Waals surface area contributed by atoms with E-state index in [4.69, 9.17) is 9.47 Å². The Kier molecular flexibility index (Phi) is 4.74. The monoisotopic (exact) mass is 365 g/mol. The molecule has 0 aliphatic carbocycles. The number of carbonyl (C=O) groups is 1. The number of aromatic amines is 1. The van der Waals surface area contributed by atoms with Crippen LogP contribution in [0.5, 0.6) is 11.5 Å². The van der Waals surface area contributed by atoms with E-state index in [9.17, 15) is 9.59 Å². The molecule has 27 heavy (non-hydrogen) atoms. The van der Waals surface area contributed by atoms with Crippen LogP contribution in [0.2, 0.25) is 0 Å². The predicted octanol–water partition coefficient (Wildman–Crippen LogP) is 1.81. The zero-order valence-corrected chi connectivity index (χ0v) is 14.6. The van der Waals surface area contributed by atoms with Crippen molar-refractivity contribution in [3.8, 4) is 11.5 Å². The molecule has 1 amide bonds. The Morgan fingerprint density at radius 1 is 1.15 bits per heavy atom. The van der Waals surface area contributed by atoms with Gasteiger partial charge in [0.2, 0.25) is 5.91 Å². The van der Waals surface area contributed by atoms with Gasteiger partial charge in [-0.1, -0.05) is 24.3 Å². The van der Waals surface area contributed by atoms with E-state index in [1.54, 1.807) is 6.07 Å². The average Bonchev–Trinajstić information content (AvgIpc) is 2.70. The molecule has 0 saturated heterocycles. The number of fused-ring (bicyclic) bond motifs is 2. The van der Waals surface area contributed by atoms with Crippen molar-refractivity contribution in [3.63, 3.8) is 0 Å². The zero-order valence-electron chi connectivity index (χ0n) is 14.6. The van der Waals surface area contributed by atoms with Crippen molar-refractivity contribution in [3.05, 3.63) is 64.6 Å². The summed E-state index contributed by atoms with van der Waals surface area (Å²) in [4.78, 5) is 31.4. The van der Waals surface area contributed by atoms with Crippen LogP contribution in [-0.2, 0) is 11.2 Å². The van der Waals surface area contributed by atoms with Gasteiger partial charge in [0.1, 0.15) is 18.4 Å². The summed E-state index contributed by atoms with van der Waals surface area (Å²) in [7, 11) is 0. The molecule has 0 saturated carbocycles. The number of hydrogen-bond donors (Lipinski definition) is 2. The molecule has 1 aromatic heterocycles. The molecule has 1 atom stereocenters. The molecule has 138 valence electrons. The van der Waals surface area contributed by atoms with E-state index in [1.165, 1.54) is 0 Å². The molecule has 2 aromatic carbocycles. The fourth-order valence-corrected chi connectivity index (χ4v) is 2.95. The lowest BCUT2D eigenvalue weighted by Gasteiger charge is -2.26. The number of H-pyrrole nitrogens is 1. The maximum absolute atomic E-state index is 12.1. The number of rotatable bonds is 5. The number of nitrogens with zero attached hydrogens (tertiary/aromatic N) is 1. The van der Waals surface area contributed by atoms with Crippen molar-refractivity contribution in [1.82, 2.24) is 15.3 Å². The molecule has 2 N–H and O–H groups in total. The molecule has 3 aromatic rings. The van der Waals surface area contributed by atoms with Gasteiger partial charge < -0.3 is 19.8 Å². The minimum Gasteiger partial charge on any atom is -0.486 e. The Labute approximate surface area is 155 Å². The number of para-hydroxylation sites is 4. The number of nitrogens with one attached hydrogen (secondary N) is 2. The number of hydrogen-bond acceptors (Lipinski definition) is 5. The van der Waals surface area contributed by atoms with Gasteiger partial charge in [-0.15, -0.1) is 0 Å². The third kappa shape index (κ3) is 3.92. The fourth-order valence-electron chi connectivity index (χ4n) is 2.95. The molecule has 0 unspecified atom stereocenters. The first-order chi connectivity index (χ1) is 13.2. The van der Waals surface area contributed by atoms with Crippen LogP contribution in [0.15, 0.2) is 53.3 Å². The Hall–Kier alpha value is -3.35. The second-order valence-corrected chi connectivity index (χ2v) is 6.33. The molecule has 7 nitrogen and oxygen atoms in total. The first kappa shape index (κ1) is 17.1. The highest BCUT2D eigenvalue weighted by Crippen LogP contribution is 2.30. The number of amides is 1. The van der Waals surface area contributed by atoms with Crippen molar-refractivity contribution in [2.24, 2.45) is 0 Å². The summed E-state index contributed by atoms with van der Waals surface area (Å²) in [5, 5.41) is 2.83. The number of aryl methyl sites for hydroxylation is 1. The summed E-state index contributed by atoms with van der Waals surface area (Å²) in [6.07, 6.45) is 0.209. The van der Waals surface area contributed by atoms with E-state index >= 15 is 0 Å². The van der Waals surface area contributed by atoms with Crippen molar-refractivity contribution in [2.45, 2.75) is 18.9 Å². The SMILES string of the molecule is O=C(CCc1nc2ccccc2[nH]c1=O)NC[C@@H]1COc2ccccc2O1. The summed E-state index contributed by atoms with van der Waals surface area (Å²) in [6.45, 7) is 0.720. The molecule has 0 radical (unpaired) electrons. The maximum Gasteiger partial charge on any atom is 0.270 e. The quantitative estimate of drug-likeness (QED) is 0.719. The fraction of sp³-hybridized carbons (Fsp3) is 0.250.